The van der Waals surface area contributed by atoms with Crippen LogP contribution in [0.2, 0.25) is 0 Å². The van der Waals surface area contributed by atoms with E-state index in [4.69, 9.17) is 10.5 Å². The minimum atomic E-state index is -0.340. The van der Waals surface area contributed by atoms with Crippen molar-refractivity contribution >= 4 is 0 Å². The van der Waals surface area contributed by atoms with Crippen molar-refractivity contribution < 1.29 is 9.84 Å². The molecule has 0 aromatic heterocycles. The number of ether oxygens (including phenoxy) is 1. The van der Waals surface area contributed by atoms with Crippen LogP contribution in [0.4, 0.5) is 0 Å². The van der Waals surface area contributed by atoms with Crippen LogP contribution in [-0.2, 0) is 12.8 Å². The molecule has 1 aliphatic rings. The van der Waals surface area contributed by atoms with Crippen molar-refractivity contribution in [2.45, 2.75) is 44.6 Å². The summed E-state index contributed by atoms with van der Waals surface area (Å²) < 4.78 is 5.69. The number of hydrogen-bond acceptors (Lipinski definition) is 3. The summed E-state index contributed by atoms with van der Waals surface area (Å²) in [7, 11) is 0. The molecule has 100 valence electrons. The molecule has 3 N–H and O–H groups in total. The Hall–Kier alpha value is -1.06. The second-order valence-electron chi connectivity index (χ2n) is 5.01. The molecule has 0 bridgehead atoms. The summed E-state index contributed by atoms with van der Waals surface area (Å²) in [5.74, 6) is 0.926. The van der Waals surface area contributed by atoms with E-state index in [9.17, 15) is 5.11 Å². The predicted octanol–water partition coefficient (Wildman–Crippen LogP) is 2.04. The van der Waals surface area contributed by atoms with Gasteiger partial charge >= 0.3 is 0 Å². The van der Waals surface area contributed by atoms with Gasteiger partial charge in [0.1, 0.15) is 5.75 Å². The van der Waals surface area contributed by atoms with Gasteiger partial charge in [0.2, 0.25) is 0 Å². The molecule has 2 rings (SSSR count). The van der Waals surface area contributed by atoms with Crippen LogP contribution >= 0.6 is 0 Å². The van der Waals surface area contributed by atoms with Gasteiger partial charge in [0.15, 0.2) is 0 Å². The van der Waals surface area contributed by atoms with Gasteiger partial charge in [-0.25, -0.2) is 0 Å². The molecule has 3 heteroatoms. The molecule has 0 radical (unpaired) electrons. The van der Waals surface area contributed by atoms with Crippen LogP contribution in [0.1, 0.15) is 36.8 Å². The van der Waals surface area contributed by atoms with Gasteiger partial charge in [-0.05, 0) is 61.9 Å². The Morgan fingerprint density at radius 2 is 1.94 bits per heavy atom. The van der Waals surface area contributed by atoms with Crippen molar-refractivity contribution in [1.82, 2.24) is 0 Å². The van der Waals surface area contributed by atoms with E-state index in [2.05, 4.69) is 12.1 Å². The number of benzene rings is 1. The number of hydrogen-bond donors (Lipinski definition) is 2. The van der Waals surface area contributed by atoms with E-state index in [1.807, 2.05) is 6.07 Å². The van der Waals surface area contributed by atoms with E-state index in [1.165, 1.54) is 36.8 Å². The smallest absolute Gasteiger partial charge is 0.119 e. The molecule has 18 heavy (non-hydrogen) atoms. The first-order chi connectivity index (χ1) is 8.79. The van der Waals surface area contributed by atoms with Crippen LogP contribution < -0.4 is 10.5 Å². The third-order valence-electron chi connectivity index (χ3n) is 3.54. The monoisotopic (exact) mass is 249 g/mol. The van der Waals surface area contributed by atoms with Gasteiger partial charge in [0.25, 0.3) is 0 Å². The molecular weight excluding hydrogens is 226 g/mol. The summed E-state index contributed by atoms with van der Waals surface area (Å²) in [6.45, 7) is 1.08. The van der Waals surface area contributed by atoms with Crippen molar-refractivity contribution in [3.8, 4) is 5.75 Å². The maximum Gasteiger partial charge on any atom is 0.119 e. The third-order valence-corrected chi connectivity index (χ3v) is 3.54. The lowest BCUT2D eigenvalue weighted by Gasteiger charge is -2.17. The van der Waals surface area contributed by atoms with Gasteiger partial charge < -0.3 is 15.6 Å². The summed E-state index contributed by atoms with van der Waals surface area (Å²) in [5.41, 5.74) is 8.29. The molecule has 0 saturated heterocycles. The normalized spacial score (nSPS) is 16.1. The molecule has 0 saturated carbocycles. The standard InChI is InChI=1S/C15H23NO2/c16-9-7-14(17)8-10-18-15-6-5-12-3-1-2-4-13(12)11-15/h5-6,11,14,17H,1-4,7-10,16H2. The number of rotatable bonds is 6. The first-order valence-corrected chi connectivity index (χ1v) is 6.92. The second-order valence-corrected chi connectivity index (χ2v) is 5.01. The third kappa shape index (κ3) is 3.72. The van der Waals surface area contributed by atoms with E-state index in [1.54, 1.807) is 0 Å². The molecule has 1 aromatic rings. The molecule has 0 aliphatic heterocycles. The number of aryl methyl sites for hydroxylation is 2. The Bertz CT molecular complexity index is 379. The second kappa shape index (κ2) is 6.76. The zero-order valence-electron chi connectivity index (χ0n) is 10.9. The van der Waals surface area contributed by atoms with E-state index < -0.39 is 0 Å². The summed E-state index contributed by atoms with van der Waals surface area (Å²) in [4.78, 5) is 0. The molecular formula is C15H23NO2. The number of fused-ring (bicyclic) bond motifs is 1. The lowest BCUT2D eigenvalue weighted by Crippen LogP contribution is -2.16. The number of nitrogens with two attached hydrogens (primary N) is 1. The molecule has 0 heterocycles. The Morgan fingerprint density at radius 3 is 2.72 bits per heavy atom. The maximum atomic E-state index is 9.56. The van der Waals surface area contributed by atoms with E-state index in [-0.39, 0.29) is 6.10 Å². The Labute approximate surface area is 109 Å². The summed E-state index contributed by atoms with van der Waals surface area (Å²) in [5, 5.41) is 9.56. The minimum Gasteiger partial charge on any atom is -0.493 e. The molecule has 0 spiro atoms. The zero-order chi connectivity index (χ0) is 12.8. The van der Waals surface area contributed by atoms with E-state index >= 15 is 0 Å². The molecule has 1 aromatic carbocycles. The molecule has 1 aliphatic carbocycles. The van der Waals surface area contributed by atoms with Crippen LogP contribution in [0.3, 0.4) is 0 Å². The van der Waals surface area contributed by atoms with Crippen molar-refractivity contribution in [1.29, 1.82) is 0 Å². The Kier molecular flexibility index (Phi) is 5.02. The Morgan fingerprint density at radius 1 is 1.17 bits per heavy atom. The summed E-state index contributed by atoms with van der Waals surface area (Å²) in [6, 6.07) is 6.38. The van der Waals surface area contributed by atoms with Crippen molar-refractivity contribution in [3.05, 3.63) is 29.3 Å². The average Bonchev–Trinajstić information content (AvgIpc) is 2.39. The lowest BCUT2D eigenvalue weighted by atomic mass is 9.92. The molecule has 3 nitrogen and oxygen atoms in total. The predicted molar refractivity (Wildman–Crippen MR) is 72.9 cm³/mol. The molecule has 0 amide bonds. The van der Waals surface area contributed by atoms with E-state index in [0.717, 1.165) is 5.75 Å². The highest BCUT2D eigenvalue weighted by Gasteiger charge is 2.10. The SMILES string of the molecule is NCCC(O)CCOc1ccc2c(c1)CCCC2. The fourth-order valence-electron chi connectivity index (χ4n) is 2.45. The van der Waals surface area contributed by atoms with Crippen LogP contribution in [0.25, 0.3) is 0 Å². The van der Waals surface area contributed by atoms with Gasteiger partial charge in [0, 0.05) is 6.42 Å². The summed E-state index contributed by atoms with van der Waals surface area (Å²) >= 11 is 0. The summed E-state index contributed by atoms with van der Waals surface area (Å²) in [6.07, 6.45) is 5.91. The topological polar surface area (TPSA) is 55.5 Å². The van der Waals surface area contributed by atoms with Gasteiger partial charge in [-0.15, -0.1) is 0 Å². The van der Waals surface area contributed by atoms with Crippen LogP contribution in [0, 0.1) is 0 Å². The van der Waals surface area contributed by atoms with Gasteiger partial charge in [-0.3, -0.25) is 0 Å². The minimum absolute atomic E-state index is 0.340. The van der Waals surface area contributed by atoms with Crippen LogP contribution in [-0.4, -0.2) is 24.4 Å². The Balaban J connectivity index is 1.82. The van der Waals surface area contributed by atoms with Gasteiger partial charge in [0.05, 0.1) is 12.7 Å². The van der Waals surface area contributed by atoms with Crippen LogP contribution in [0.5, 0.6) is 5.75 Å². The number of aliphatic hydroxyl groups excluding tert-OH is 1. The fourth-order valence-corrected chi connectivity index (χ4v) is 2.45. The molecule has 1 unspecified atom stereocenters. The highest BCUT2D eigenvalue weighted by molar-refractivity contribution is 5.37. The van der Waals surface area contributed by atoms with E-state index in [0.29, 0.717) is 26.0 Å². The van der Waals surface area contributed by atoms with Crippen molar-refractivity contribution in [2.75, 3.05) is 13.2 Å². The van der Waals surface area contributed by atoms with Crippen LogP contribution in [0.15, 0.2) is 18.2 Å². The first kappa shape index (κ1) is 13.4. The quantitative estimate of drug-likeness (QED) is 0.811. The zero-order valence-corrected chi connectivity index (χ0v) is 10.9. The highest BCUT2D eigenvalue weighted by atomic mass is 16.5. The average molecular weight is 249 g/mol. The van der Waals surface area contributed by atoms with Crippen molar-refractivity contribution in [3.63, 3.8) is 0 Å². The van der Waals surface area contributed by atoms with Crippen molar-refractivity contribution in [2.24, 2.45) is 5.73 Å². The highest BCUT2D eigenvalue weighted by Crippen LogP contribution is 2.25. The molecule has 1 atom stereocenters. The fraction of sp³-hybridized carbons (Fsp3) is 0.600. The largest absolute Gasteiger partial charge is 0.493 e. The maximum absolute atomic E-state index is 9.56. The molecule has 0 fully saturated rings. The first-order valence-electron chi connectivity index (χ1n) is 6.92. The van der Waals surface area contributed by atoms with Gasteiger partial charge in [-0.1, -0.05) is 6.07 Å². The van der Waals surface area contributed by atoms with Gasteiger partial charge in [-0.2, -0.15) is 0 Å². The lowest BCUT2D eigenvalue weighted by molar-refractivity contribution is 0.133. The number of aliphatic hydroxyl groups is 1.